The average molecular weight is 225 g/mol. The molecule has 2 unspecified atom stereocenters. The highest BCUT2D eigenvalue weighted by molar-refractivity contribution is 4.88. The lowest BCUT2D eigenvalue weighted by molar-refractivity contribution is -0.302. The van der Waals surface area contributed by atoms with Gasteiger partial charge in [-0.15, -0.1) is 0 Å². The van der Waals surface area contributed by atoms with Crippen LogP contribution < -0.4 is 0 Å². The van der Waals surface area contributed by atoms with Crippen LogP contribution in [0.2, 0.25) is 0 Å². The summed E-state index contributed by atoms with van der Waals surface area (Å²) in [6, 6.07) is 0. The first-order valence-corrected chi connectivity index (χ1v) is 4.50. The summed E-state index contributed by atoms with van der Waals surface area (Å²) in [5.74, 6) is 0. The van der Waals surface area contributed by atoms with Gasteiger partial charge in [-0.05, 0) is 0 Å². The summed E-state index contributed by atoms with van der Waals surface area (Å²) in [6.45, 7) is -2.50. The molecule has 1 saturated heterocycles. The van der Waals surface area contributed by atoms with Crippen LogP contribution in [0.25, 0.3) is 0 Å². The van der Waals surface area contributed by atoms with Crippen LogP contribution in [0.3, 0.4) is 0 Å². The van der Waals surface area contributed by atoms with E-state index in [0.29, 0.717) is 0 Å². The number of aliphatic hydroxyl groups is 5. The molecule has 0 radical (unpaired) electrons. The molecule has 1 aliphatic rings. The molecule has 1 aliphatic heterocycles. The van der Waals surface area contributed by atoms with Crippen LogP contribution in [0, 0.1) is 0 Å². The van der Waals surface area contributed by atoms with E-state index < -0.39 is 50.5 Å². The fourth-order valence-corrected chi connectivity index (χ4v) is 1.32. The van der Waals surface area contributed by atoms with Crippen molar-refractivity contribution in [2.24, 2.45) is 0 Å². The van der Waals surface area contributed by atoms with Gasteiger partial charge < -0.3 is 35.0 Å². The zero-order valence-electron chi connectivity index (χ0n) is 8.93. The monoisotopic (exact) mass is 225 g/mol. The summed E-state index contributed by atoms with van der Waals surface area (Å²) in [4.78, 5) is 0. The second-order valence-electron chi connectivity index (χ2n) is 3.18. The van der Waals surface area contributed by atoms with E-state index in [0.717, 1.165) is 0 Å². The number of aliphatic hydroxyl groups excluding tert-OH is 5. The minimum absolute atomic E-state index is 0.563. The number of hydrogen-bond donors (Lipinski definition) is 5. The Bertz CT molecular complexity index is 215. The lowest BCUT2D eigenvalue weighted by Crippen LogP contribution is -2.59. The van der Waals surface area contributed by atoms with Crippen LogP contribution >= 0.6 is 0 Å². The quantitative estimate of drug-likeness (QED) is 0.341. The average Bonchev–Trinajstić information content (AvgIpc) is 2.29. The summed E-state index contributed by atoms with van der Waals surface area (Å²) < 4.78 is 16.8. The van der Waals surface area contributed by atoms with E-state index in [1.54, 1.807) is 0 Å². The van der Waals surface area contributed by atoms with Gasteiger partial charge in [-0.1, -0.05) is 0 Å². The zero-order valence-corrected chi connectivity index (χ0v) is 7.93. The molecule has 1 fully saturated rings. The Morgan fingerprint density at radius 2 is 1.80 bits per heavy atom. The van der Waals surface area contributed by atoms with Crippen LogP contribution in [0.5, 0.6) is 0 Å². The fraction of sp³-hybridized carbons (Fsp3) is 1.00. The van der Waals surface area contributed by atoms with E-state index in [4.69, 9.17) is 21.1 Å². The molecule has 7 heteroatoms. The molecule has 0 spiro atoms. The summed E-state index contributed by atoms with van der Waals surface area (Å²) in [7, 11) is 0. The van der Waals surface area contributed by atoms with E-state index in [-0.39, 0.29) is 0 Å². The van der Waals surface area contributed by atoms with Crippen molar-refractivity contribution < 1.29 is 36.4 Å². The first kappa shape index (κ1) is 11.2. The normalized spacial score (nSPS) is 44.9. The summed E-state index contributed by atoms with van der Waals surface area (Å²) in [5.41, 5.74) is 0. The molecule has 5 N–H and O–H groups in total. The molecule has 0 saturated carbocycles. The van der Waals surface area contributed by atoms with Crippen molar-refractivity contribution in [3.63, 3.8) is 0 Å². The molecule has 6 atom stereocenters. The Morgan fingerprint density at radius 1 is 1.13 bits per heavy atom. The third-order valence-electron chi connectivity index (χ3n) is 2.15. The van der Waals surface area contributed by atoms with Crippen LogP contribution in [0.15, 0.2) is 0 Å². The van der Waals surface area contributed by atoms with Gasteiger partial charge >= 0.3 is 0 Å². The van der Waals surface area contributed by atoms with Crippen molar-refractivity contribution in [1.29, 1.82) is 0 Å². The van der Waals surface area contributed by atoms with Gasteiger partial charge in [0.05, 0.1) is 21.2 Å². The lowest BCUT2D eigenvalue weighted by atomic mass is 9.99. The maximum Gasteiger partial charge on any atom is 0.186 e. The van der Waals surface area contributed by atoms with Crippen LogP contribution in [0.4, 0.5) is 0 Å². The van der Waals surface area contributed by atoms with Gasteiger partial charge in [-0.25, -0.2) is 0 Å². The van der Waals surface area contributed by atoms with Crippen LogP contribution in [-0.4, -0.2) is 76.0 Å². The standard InChI is InChI=1S/C8H16O7/c9-1-2-14-8-7(13)6(12)5(11)4(3-10)15-8/h4-13H,1-3H2/t4-,5-,6+,7+,8?/m1/s1/i2D/t2?,4-,5-,6+,7+,8?. The van der Waals surface area contributed by atoms with E-state index in [1.807, 2.05) is 0 Å². The highest BCUT2D eigenvalue weighted by Gasteiger charge is 2.43. The summed E-state index contributed by atoms with van der Waals surface area (Å²) in [6.07, 6.45) is -6.99. The van der Waals surface area contributed by atoms with E-state index in [2.05, 4.69) is 0 Å². The molecular formula is C8H16O7. The van der Waals surface area contributed by atoms with Crippen molar-refractivity contribution in [3.05, 3.63) is 0 Å². The Hall–Kier alpha value is -0.280. The Balaban J connectivity index is 2.63. The molecule has 0 amide bonds. The first-order chi connectivity index (χ1) is 7.51. The maximum atomic E-state index is 9.46. The van der Waals surface area contributed by atoms with Crippen molar-refractivity contribution in [3.8, 4) is 0 Å². The highest BCUT2D eigenvalue weighted by atomic mass is 16.7. The zero-order chi connectivity index (χ0) is 12.3. The largest absolute Gasteiger partial charge is 0.394 e. The molecule has 0 aromatic carbocycles. The smallest absolute Gasteiger partial charge is 0.186 e. The molecule has 15 heavy (non-hydrogen) atoms. The Kier molecular flexibility index (Phi) is 4.27. The molecule has 1 rings (SSSR count). The maximum absolute atomic E-state index is 9.46. The van der Waals surface area contributed by atoms with Gasteiger partial charge in [0.15, 0.2) is 6.29 Å². The highest BCUT2D eigenvalue weighted by Crippen LogP contribution is 2.21. The third kappa shape index (κ3) is 2.85. The minimum atomic E-state index is -1.54. The second-order valence-corrected chi connectivity index (χ2v) is 3.18. The van der Waals surface area contributed by atoms with Gasteiger partial charge in [0.2, 0.25) is 0 Å². The Morgan fingerprint density at radius 3 is 2.33 bits per heavy atom. The van der Waals surface area contributed by atoms with Crippen LogP contribution in [-0.2, 0) is 9.47 Å². The number of hydrogen-bond acceptors (Lipinski definition) is 7. The summed E-state index contributed by atoms with van der Waals surface area (Å²) >= 11 is 0. The van der Waals surface area contributed by atoms with E-state index >= 15 is 0 Å². The minimum Gasteiger partial charge on any atom is -0.394 e. The fourth-order valence-electron chi connectivity index (χ4n) is 1.32. The van der Waals surface area contributed by atoms with Gasteiger partial charge in [-0.2, -0.15) is 0 Å². The first-order valence-electron chi connectivity index (χ1n) is 5.08. The van der Waals surface area contributed by atoms with Gasteiger partial charge in [0.1, 0.15) is 24.4 Å². The van der Waals surface area contributed by atoms with Crippen molar-refractivity contribution in [1.82, 2.24) is 0 Å². The third-order valence-corrected chi connectivity index (χ3v) is 2.15. The molecule has 0 aromatic rings. The predicted octanol–water partition coefficient (Wildman–Crippen LogP) is -3.20. The van der Waals surface area contributed by atoms with Crippen molar-refractivity contribution >= 4 is 0 Å². The predicted molar refractivity (Wildman–Crippen MR) is 46.8 cm³/mol. The topological polar surface area (TPSA) is 120 Å². The Labute approximate surface area is 87.9 Å². The van der Waals surface area contributed by atoms with Crippen molar-refractivity contribution in [2.75, 3.05) is 19.8 Å². The molecule has 0 aromatic heterocycles. The number of ether oxygens (including phenoxy) is 2. The SMILES string of the molecule is [2H]C(CO)OC1O[C@H](CO)[C@@H](O)[C@H](O)[C@@H]1O. The van der Waals surface area contributed by atoms with Gasteiger partial charge in [0, 0.05) is 0 Å². The number of rotatable bonds is 4. The van der Waals surface area contributed by atoms with Crippen molar-refractivity contribution in [2.45, 2.75) is 30.7 Å². The molecule has 0 bridgehead atoms. The molecule has 1 heterocycles. The molecular weight excluding hydrogens is 208 g/mol. The second kappa shape index (κ2) is 5.71. The van der Waals surface area contributed by atoms with E-state index in [1.165, 1.54) is 0 Å². The molecule has 0 aliphatic carbocycles. The molecule has 7 nitrogen and oxygen atoms in total. The molecule has 90 valence electrons. The lowest BCUT2D eigenvalue weighted by Gasteiger charge is -2.39. The summed E-state index contributed by atoms with van der Waals surface area (Å²) in [5, 5.41) is 45.7. The van der Waals surface area contributed by atoms with Crippen LogP contribution in [0.1, 0.15) is 1.37 Å². The van der Waals surface area contributed by atoms with Gasteiger partial charge in [-0.3, -0.25) is 0 Å². The van der Waals surface area contributed by atoms with Gasteiger partial charge in [0.25, 0.3) is 0 Å². The van der Waals surface area contributed by atoms with E-state index in [9.17, 15) is 15.3 Å².